The summed E-state index contributed by atoms with van der Waals surface area (Å²) in [6.45, 7) is 1.64. The van der Waals surface area contributed by atoms with Gasteiger partial charge in [-0.05, 0) is 29.5 Å². The highest BCUT2D eigenvalue weighted by Gasteiger charge is 2.23. The lowest BCUT2D eigenvalue weighted by molar-refractivity contribution is 0.101. The standard InChI is InChI=1S/C22H17NOS/c1-15(24)19-20(16-9-4-2-5-10-16)22(18-13-8-14-25-18)23-21(19)17-11-6-3-7-12-17/h2-14,23H,1H3. The highest BCUT2D eigenvalue weighted by Crippen LogP contribution is 2.41. The van der Waals surface area contributed by atoms with Gasteiger partial charge in [-0.2, -0.15) is 0 Å². The van der Waals surface area contributed by atoms with Crippen LogP contribution in [0.1, 0.15) is 17.3 Å². The summed E-state index contributed by atoms with van der Waals surface area (Å²) in [6.07, 6.45) is 0. The number of carbonyl (C=O) groups is 1. The molecule has 0 aliphatic rings. The van der Waals surface area contributed by atoms with E-state index < -0.39 is 0 Å². The lowest BCUT2D eigenvalue weighted by atomic mass is 9.95. The van der Waals surface area contributed by atoms with E-state index >= 15 is 0 Å². The zero-order chi connectivity index (χ0) is 17.2. The predicted molar refractivity (Wildman–Crippen MR) is 105 cm³/mol. The third-order valence-corrected chi connectivity index (χ3v) is 5.13. The second-order valence-corrected chi connectivity index (χ2v) is 6.84. The lowest BCUT2D eigenvalue weighted by Gasteiger charge is -2.06. The molecule has 0 aliphatic heterocycles. The normalized spacial score (nSPS) is 10.8. The molecule has 4 rings (SSSR count). The Morgan fingerprint density at radius 3 is 2.00 bits per heavy atom. The quantitative estimate of drug-likeness (QED) is 0.435. The zero-order valence-electron chi connectivity index (χ0n) is 13.8. The summed E-state index contributed by atoms with van der Waals surface area (Å²) in [6, 6.07) is 24.3. The van der Waals surface area contributed by atoms with E-state index in [0.717, 1.165) is 38.5 Å². The summed E-state index contributed by atoms with van der Waals surface area (Å²) in [4.78, 5) is 17.3. The summed E-state index contributed by atoms with van der Waals surface area (Å²) in [5, 5.41) is 2.06. The van der Waals surface area contributed by atoms with Crippen molar-refractivity contribution >= 4 is 17.1 Å². The van der Waals surface area contributed by atoms with Crippen LogP contribution in [-0.4, -0.2) is 10.8 Å². The summed E-state index contributed by atoms with van der Waals surface area (Å²) in [7, 11) is 0. The molecule has 122 valence electrons. The Morgan fingerprint density at radius 2 is 1.44 bits per heavy atom. The molecule has 0 fully saturated rings. The van der Waals surface area contributed by atoms with Crippen LogP contribution in [0.5, 0.6) is 0 Å². The summed E-state index contributed by atoms with van der Waals surface area (Å²) in [5.41, 5.74) is 5.69. The topological polar surface area (TPSA) is 32.9 Å². The maximum absolute atomic E-state index is 12.6. The third kappa shape index (κ3) is 2.83. The smallest absolute Gasteiger partial charge is 0.162 e. The third-order valence-electron chi connectivity index (χ3n) is 4.24. The SMILES string of the molecule is CC(=O)c1c(-c2ccccc2)[nH]c(-c2cccs2)c1-c1ccccc1. The molecule has 3 heteroatoms. The minimum absolute atomic E-state index is 0.0664. The maximum atomic E-state index is 12.6. The molecular weight excluding hydrogens is 326 g/mol. The van der Waals surface area contributed by atoms with Gasteiger partial charge in [-0.1, -0.05) is 66.7 Å². The van der Waals surface area contributed by atoms with Crippen molar-refractivity contribution in [2.24, 2.45) is 0 Å². The Kier molecular flexibility index (Phi) is 4.08. The molecule has 1 N–H and O–H groups in total. The molecule has 0 saturated carbocycles. The van der Waals surface area contributed by atoms with Crippen LogP contribution in [0.2, 0.25) is 0 Å². The molecule has 0 amide bonds. The fourth-order valence-electron chi connectivity index (χ4n) is 3.17. The Morgan fingerprint density at radius 1 is 0.800 bits per heavy atom. The molecule has 0 atom stereocenters. The molecule has 0 bridgehead atoms. The molecule has 2 aromatic heterocycles. The van der Waals surface area contributed by atoms with Gasteiger partial charge in [0.25, 0.3) is 0 Å². The van der Waals surface area contributed by atoms with Crippen molar-refractivity contribution in [2.45, 2.75) is 6.92 Å². The number of thiophene rings is 1. The van der Waals surface area contributed by atoms with Crippen LogP contribution in [0.3, 0.4) is 0 Å². The molecule has 0 unspecified atom stereocenters. The number of benzene rings is 2. The number of ketones is 1. The number of aromatic amines is 1. The van der Waals surface area contributed by atoms with Crippen molar-refractivity contribution in [3.63, 3.8) is 0 Å². The molecule has 4 aromatic rings. The van der Waals surface area contributed by atoms with Gasteiger partial charge in [-0.3, -0.25) is 4.79 Å². The van der Waals surface area contributed by atoms with Crippen molar-refractivity contribution in [1.82, 2.24) is 4.98 Å². The Labute approximate surface area is 150 Å². The van der Waals surface area contributed by atoms with Gasteiger partial charge in [-0.25, -0.2) is 0 Å². The average molecular weight is 343 g/mol. The minimum atomic E-state index is 0.0664. The second-order valence-electron chi connectivity index (χ2n) is 5.89. The number of nitrogens with one attached hydrogen (secondary N) is 1. The van der Waals surface area contributed by atoms with Crippen LogP contribution in [-0.2, 0) is 0 Å². The molecular formula is C22H17NOS. The van der Waals surface area contributed by atoms with E-state index in [2.05, 4.69) is 28.6 Å². The van der Waals surface area contributed by atoms with Gasteiger partial charge in [0.05, 0.1) is 21.8 Å². The molecule has 25 heavy (non-hydrogen) atoms. The average Bonchev–Trinajstić information content (AvgIpc) is 3.30. The van der Waals surface area contributed by atoms with Crippen LogP contribution in [0, 0.1) is 0 Å². The van der Waals surface area contributed by atoms with Crippen molar-refractivity contribution in [3.8, 4) is 33.0 Å². The zero-order valence-corrected chi connectivity index (χ0v) is 14.6. The van der Waals surface area contributed by atoms with Crippen LogP contribution < -0.4 is 0 Å². The van der Waals surface area contributed by atoms with E-state index in [9.17, 15) is 4.79 Å². The van der Waals surface area contributed by atoms with Gasteiger partial charge in [-0.15, -0.1) is 11.3 Å². The van der Waals surface area contributed by atoms with Crippen LogP contribution in [0.15, 0.2) is 78.2 Å². The fraction of sp³-hybridized carbons (Fsp3) is 0.0455. The maximum Gasteiger partial charge on any atom is 0.162 e. The number of Topliss-reactive ketones (excluding diaryl/α,β-unsaturated/α-hetero) is 1. The largest absolute Gasteiger partial charge is 0.353 e. The number of carbonyl (C=O) groups excluding carboxylic acids is 1. The molecule has 2 nitrogen and oxygen atoms in total. The van der Waals surface area contributed by atoms with Gasteiger partial charge in [0.2, 0.25) is 0 Å². The lowest BCUT2D eigenvalue weighted by Crippen LogP contribution is -1.96. The van der Waals surface area contributed by atoms with Gasteiger partial charge < -0.3 is 4.98 Å². The first-order chi connectivity index (χ1) is 12.3. The van der Waals surface area contributed by atoms with E-state index in [1.807, 2.05) is 54.6 Å². The Bertz CT molecular complexity index is 999. The van der Waals surface area contributed by atoms with Crippen LogP contribution >= 0.6 is 11.3 Å². The first-order valence-corrected chi connectivity index (χ1v) is 9.05. The molecule has 2 heterocycles. The van der Waals surface area contributed by atoms with E-state index in [1.54, 1.807) is 18.3 Å². The van der Waals surface area contributed by atoms with Gasteiger partial charge in [0, 0.05) is 5.56 Å². The van der Waals surface area contributed by atoms with Gasteiger partial charge in [0.1, 0.15) is 0 Å². The van der Waals surface area contributed by atoms with Crippen molar-refractivity contribution < 1.29 is 4.79 Å². The van der Waals surface area contributed by atoms with E-state index in [-0.39, 0.29) is 5.78 Å². The van der Waals surface area contributed by atoms with Gasteiger partial charge in [0.15, 0.2) is 5.78 Å². The highest BCUT2D eigenvalue weighted by atomic mass is 32.1. The minimum Gasteiger partial charge on any atom is -0.353 e. The van der Waals surface area contributed by atoms with Crippen LogP contribution in [0.4, 0.5) is 0 Å². The monoisotopic (exact) mass is 343 g/mol. The first-order valence-electron chi connectivity index (χ1n) is 8.17. The molecule has 0 radical (unpaired) electrons. The van der Waals surface area contributed by atoms with Crippen LogP contribution in [0.25, 0.3) is 33.0 Å². The predicted octanol–water partition coefficient (Wildman–Crippen LogP) is 6.28. The number of hydrogen-bond acceptors (Lipinski definition) is 2. The first kappa shape index (κ1) is 15.6. The Hall–Kier alpha value is -2.91. The summed E-state index contributed by atoms with van der Waals surface area (Å²) < 4.78 is 0. The summed E-state index contributed by atoms with van der Waals surface area (Å²) >= 11 is 1.67. The fourth-order valence-corrected chi connectivity index (χ4v) is 3.90. The number of H-pyrrole nitrogens is 1. The number of rotatable bonds is 4. The van der Waals surface area contributed by atoms with Crippen molar-refractivity contribution in [1.29, 1.82) is 0 Å². The van der Waals surface area contributed by atoms with Gasteiger partial charge >= 0.3 is 0 Å². The molecule has 0 saturated heterocycles. The van der Waals surface area contributed by atoms with Crippen molar-refractivity contribution in [3.05, 3.63) is 83.7 Å². The van der Waals surface area contributed by atoms with E-state index in [0.29, 0.717) is 0 Å². The van der Waals surface area contributed by atoms with E-state index in [1.165, 1.54) is 0 Å². The second kappa shape index (κ2) is 6.54. The molecule has 2 aromatic carbocycles. The van der Waals surface area contributed by atoms with E-state index in [4.69, 9.17) is 0 Å². The number of hydrogen-bond donors (Lipinski definition) is 1. The number of aromatic nitrogens is 1. The highest BCUT2D eigenvalue weighted by molar-refractivity contribution is 7.13. The Balaban J connectivity index is 2.07. The molecule has 0 aliphatic carbocycles. The summed E-state index contributed by atoms with van der Waals surface area (Å²) in [5.74, 6) is 0.0664. The molecule has 0 spiro atoms. The van der Waals surface area contributed by atoms with Crippen molar-refractivity contribution in [2.75, 3.05) is 0 Å².